The second kappa shape index (κ2) is 9.17. The van der Waals surface area contributed by atoms with Gasteiger partial charge in [0.15, 0.2) is 11.5 Å². The first-order valence-corrected chi connectivity index (χ1v) is 10.5. The molecule has 7 heteroatoms. The maximum atomic E-state index is 13.6. The highest BCUT2D eigenvalue weighted by atomic mass is 16.5. The van der Waals surface area contributed by atoms with Gasteiger partial charge in [-0.05, 0) is 44.4 Å². The average Bonchev–Trinajstić information content (AvgIpc) is 2.71. The van der Waals surface area contributed by atoms with E-state index in [9.17, 15) is 10.1 Å². The number of nitriles is 1. The first kappa shape index (κ1) is 22.3. The van der Waals surface area contributed by atoms with E-state index in [2.05, 4.69) is 19.9 Å². The highest BCUT2D eigenvalue weighted by molar-refractivity contribution is 5.57. The molecule has 1 aromatic carbocycles. The van der Waals surface area contributed by atoms with Gasteiger partial charge in [-0.1, -0.05) is 19.9 Å². The van der Waals surface area contributed by atoms with Gasteiger partial charge in [0.25, 0.3) is 5.56 Å². The lowest BCUT2D eigenvalue weighted by atomic mass is 9.83. The summed E-state index contributed by atoms with van der Waals surface area (Å²) in [5.74, 6) is 1.18. The highest BCUT2D eigenvalue weighted by Crippen LogP contribution is 2.42. The summed E-state index contributed by atoms with van der Waals surface area (Å²) in [6.45, 7) is 11.3. The summed E-state index contributed by atoms with van der Waals surface area (Å²) in [7, 11) is 0. The van der Waals surface area contributed by atoms with Crippen LogP contribution in [-0.2, 0) is 6.54 Å². The molecule has 2 aromatic rings. The molecule has 3 rings (SSSR count). The van der Waals surface area contributed by atoms with E-state index < -0.39 is 5.92 Å². The number of aryl methyl sites for hydroxylation is 1. The monoisotopic (exact) mass is 423 g/mol. The van der Waals surface area contributed by atoms with E-state index in [-0.39, 0.29) is 22.9 Å². The van der Waals surface area contributed by atoms with Gasteiger partial charge < -0.3 is 24.5 Å². The molecule has 0 aliphatic carbocycles. The maximum absolute atomic E-state index is 13.6. The summed E-state index contributed by atoms with van der Waals surface area (Å²) < 4.78 is 18.9. The van der Waals surface area contributed by atoms with Crippen molar-refractivity contribution in [3.8, 4) is 23.3 Å². The van der Waals surface area contributed by atoms with Crippen LogP contribution in [0.5, 0.6) is 17.2 Å². The van der Waals surface area contributed by atoms with Gasteiger partial charge in [-0.2, -0.15) is 5.26 Å². The van der Waals surface area contributed by atoms with Crippen LogP contribution in [0, 0.1) is 24.2 Å². The second-order valence-electron chi connectivity index (χ2n) is 7.87. The molecule has 0 bridgehead atoms. The molecule has 0 unspecified atom stereocenters. The van der Waals surface area contributed by atoms with Crippen molar-refractivity contribution < 1.29 is 14.2 Å². The predicted molar refractivity (Wildman–Crippen MR) is 118 cm³/mol. The Morgan fingerprint density at radius 3 is 2.48 bits per heavy atom. The van der Waals surface area contributed by atoms with E-state index in [0.717, 1.165) is 5.69 Å². The lowest BCUT2D eigenvalue weighted by Gasteiger charge is -2.28. The quantitative estimate of drug-likeness (QED) is 0.727. The number of ether oxygens (including phenoxy) is 3. The molecule has 0 amide bonds. The Hall–Kier alpha value is -3.40. The van der Waals surface area contributed by atoms with Crippen molar-refractivity contribution in [1.29, 1.82) is 5.26 Å². The maximum Gasteiger partial charge on any atom is 0.258 e. The van der Waals surface area contributed by atoms with Crippen molar-refractivity contribution in [1.82, 2.24) is 4.57 Å². The number of rotatable bonds is 7. The summed E-state index contributed by atoms with van der Waals surface area (Å²) in [5, 5.41) is 9.86. The van der Waals surface area contributed by atoms with Crippen LogP contribution in [0.1, 0.15) is 50.4 Å². The van der Waals surface area contributed by atoms with Gasteiger partial charge in [-0.25, -0.2) is 0 Å². The minimum Gasteiger partial charge on any atom is -0.490 e. The molecule has 1 aromatic heterocycles. The minimum absolute atomic E-state index is 0.00672. The van der Waals surface area contributed by atoms with Gasteiger partial charge in [-0.15, -0.1) is 0 Å². The zero-order chi connectivity index (χ0) is 22.7. The normalized spacial score (nSPS) is 15.3. The van der Waals surface area contributed by atoms with Crippen molar-refractivity contribution in [2.45, 2.75) is 47.1 Å². The molecule has 0 fully saturated rings. The zero-order valence-corrected chi connectivity index (χ0v) is 18.7. The fourth-order valence-electron chi connectivity index (χ4n) is 3.86. The molecule has 7 nitrogen and oxygen atoms in total. The fourth-order valence-corrected chi connectivity index (χ4v) is 3.86. The van der Waals surface area contributed by atoms with Gasteiger partial charge in [0, 0.05) is 18.3 Å². The number of pyridine rings is 1. The van der Waals surface area contributed by atoms with Crippen LogP contribution in [0.15, 0.2) is 40.5 Å². The summed E-state index contributed by atoms with van der Waals surface area (Å²) in [6, 6.07) is 9.40. The lowest BCUT2D eigenvalue weighted by molar-refractivity contribution is 0.287. The molecule has 1 atom stereocenters. The standard InChI is InChI=1S/C24H29N3O4/c1-6-29-18-9-8-16(11-19(18)30-7-2)21-17(12-25)23(26)31-20-10-15(5)27(13-14(3)4)24(28)22(20)21/h8-11,14,21H,6-7,13,26H2,1-5H3/t21-/m0/s1. The number of nitrogens with two attached hydrogens (primary N) is 1. The van der Waals surface area contributed by atoms with E-state index in [1.165, 1.54) is 0 Å². The number of nitrogens with zero attached hydrogens (tertiary/aromatic N) is 2. The Labute approximate surface area is 182 Å². The van der Waals surface area contributed by atoms with E-state index in [4.69, 9.17) is 19.9 Å². The van der Waals surface area contributed by atoms with Crippen molar-refractivity contribution in [3.63, 3.8) is 0 Å². The van der Waals surface area contributed by atoms with E-state index in [0.29, 0.717) is 48.1 Å². The van der Waals surface area contributed by atoms with Crippen molar-refractivity contribution in [3.05, 3.63) is 62.9 Å². The highest BCUT2D eigenvalue weighted by Gasteiger charge is 2.35. The zero-order valence-electron chi connectivity index (χ0n) is 18.7. The fraction of sp³-hybridized carbons (Fsp3) is 0.417. The van der Waals surface area contributed by atoms with Crippen LogP contribution in [0.3, 0.4) is 0 Å². The van der Waals surface area contributed by atoms with Gasteiger partial charge >= 0.3 is 0 Å². The largest absolute Gasteiger partial charge is 0.490 e. The third-order valence-electron chi connectivity index (χ3n) is 5.14. The molecular formula is C24H29N3O4. The van der Waals surface area contributed by atoms with Crippen LogP contribution >= 0.6 is 0 Å². The number of benzene rings is 1. The number of hydrogen-bond donors (Lipinski definition) is 1. The number of allylic oxidation sites excluding steroid dienone is 1. The van der Waals surface area contributed by atoms with Gasteiger partial charge in [0.05, 0.1) is 24.7 Å². The van der Waals surface area contributed by atoms with E-state index in [1.807, 2.05) is 39.0 Å². The van der Waals surface area contributed by atoms with Crippen LogP contribution in [0.2, 0.25) is 0 Å². The topological polar surface area (TPSA) is 99.5 Å². The van der Waals surface area contributed by atoms with Crippen LogP contribution in [0.25, 0.3) is 0 Å². The van der Waals surface area contributed by atoms with E-state index >= 15 is 0 Å². The van der Waals surface area contributed by atoms with Crippen molar-refractivity contribution >= 4 is 0 Å². The number of hydrogen-bond acceptors (Lipinski definition) is 6. The van der Waals surface area contributed by atoms with Gasteiger partial charge in [0.2, 0.25) is 5.88 Å². The predicted octanol–water partition coefficient (Wildman–Crippen LogP) is 3.83. The molecule has 0 spiro atoms. The molecule has 0 saturated carbocycles. The molecule has 31 heavy (non-hydrogen) atoms. The number of fused-ring (bicyclic) bond motifs is 1. The first-order valence-electron chi connectivity index (χ1n) is 10.5. The third-order valence-corrected chi connectivity index (χ3v) is 5.14. The molecule has 2 N–H and O–H groups in total. The lowest BCUT2D eigenvalue weighted by Crippen LogP contribution is -2.33. The minimum atomic E-state index is -0.657. The van der Waals surface area contributed by atoms with Crippen LogP contribution in [0.4, 0.5) is 0 Å². The Kier molecular flexibility index (Phi) is 6.59. The van der Waals surface area contributed by atoms with Gasteiger partial charge in [-0.3, -0.25) is 4.79 Å². The van der Waals surface area contributed by atoms with Crippen LogP contribution < -0.4 is 25.5 Å². The van der Waals surface area contributed by atoms with Gasteiger partial charge in [0.1, 0.15) is 17.4 Å². The van der Waals surface area contributed by atoms with Crippen molar-refractivity contribution in [2.75, 3.05) is 13.2 Å². The molecule has 1 aliphatic rings. The Bertz CT molecular complexity index is 1110. The smallest absolute Gasteiger partial charge is 0.258 e. The molecule has 0 radical (unpaired) electrons. The second-order valence-corrected chi connectivity index (χ2v) is 7.87. The van der Waals surface area contributed by atoms with E-state index in [1.54, 1.807) is 10.6 Å². The molecular weight excluding hydrogens is 394 g/mol. The third kappa shape index (κ3) is 4.24. The Balaban J connectivity index is 2.26. The molecule has 2 heterocycles. The molecule has 0 saturated heterocycles. The first-order chi connectivity index (χ1) is 14.8. The average molecular weight is 424 g/mol. The SMILES string of the molecule is CCOc1ccc([C@H]2C(C#N)=C(N)Oc3cc(C)n(CC(C)C)c(=O)c32)cc1OCC. The summed E-state index contributed by atoms with van der Waals surface area (Å²) >= 11 is 0. The summed E-state index contributed by atoms with van der Waals surface area (Å²) in [5.41, 5.74) is 8.03. The number of aromatic nitrogens is 1. The summed E-state index contributed by atoms with van der Waals surface area (Å²) in [6.07, 6.45) is 0. The summed E-state index contributed by atoms with van der Waals surface area (Å²) in [4.78, 5) is 13.6. The molecule has 164 valence electrons. The van der Waals surface area contributed by atoms with Crippen molar-refractivity contribution in [2.24, 2.45) is 11.7 Å². The Morgan fingerprint density at radius 2 is 1.87 bits per heavy atom. The molecule has 1 aliphatic heterocycles. The Morgan fingerprint density at radius 1 is 1.19 bits per heavy atom. The van der Waals surface area contributed by atoms with Crippen LogP contribution in [-0.4, -0.2) is 17.8 Å².